The van der Waals surface area contributed by atoms with Gasteiger partial charge in [-0.15, -0.1) is 0 Å². The number of amides is 1. The van der Waals surface area contributed by atoms with Gasteiger partial charge < -0.3 is 10.6 Å². The summed E-state index contributed by atoms with van der Waals surface area (Å²) in [5, 5.41) is 4.13. The number of hydrogen-bond donors (Lipinski definition) is 1. The van der Waals surface area contributed by atoms with Crippen molar-refractivity contribution in [3.63, 3.8) is 0 Å². The first-order valence-corrected chi connectivity index (χ1v) is 6.24. The van der Waals surface area contributed by atoms with Crippen LogP contribution in [-0.2, 0) is 11.3 Å². The highest BCUT2D eigenvalue weighted by molar-refractivity contribution is 5.77. The van der Waals surface area contributed by atoms with Crippen LogP contribution in [0.2, 0.25) is 0 Å². The van der Waals surface area contributed by atoms with Gasteiger partial charge in [0.2, 0.25) is 5.91 Å². The quantitative estimate of drug-likeness (QED) is 0.757. The molecule has 0 bridgehead atoms. The third kappa shape index (κ3) is 4.75. The second kappa shape index (κ2) is 7.00. The largest absolute Gasteiger partial charge is 0.382 e. The highest BCUT2D eigenvalue weighted by atomic mass is 16.2. The van der Waals surface area contributed by atoms with Crippen molar-refractivity contribution >= 4 is 11.7 Å². The van der Waals surface area contributed by atoms with E-state index >= 15 is 0 Å². The first-order chi connectivity index (χ1) is 8.52. The molecule has 0 saturated carbocycles. The van der Waals surface area contributed by atoms with Gasteiger partial charge in [-0.3, -0.25) is 14.4 Å². The SMILES string of the molecule is CCCN(CCn1ccc(N)n1)CC(=O)N(C)C. The fourth-order valence-electron chi connectivity index (χ4n) is 1.66. The second-order valence-corrected chi connectivity index (χ2v) is 4.57. The fourth-order valence-corrected chi connectivity index (χ4v) is 1.66. The predicted octanol–water partition coefficient (Wildman–Crippen LogP) is 0.266. The Morgan fingerprint density at radius 3 is 2.67 bits per heavy atom. The number of likely N-dealkylation sites (N-methyl/N-ethyl adjacent to an activating group) is 1. The molecule has 0 saturated heterocycles. The van der Waals surface area contributed by atoms with E-state index in [1.54, 1.807) is 29.7 Å². The number of anilines is 1. The molecule has 1 amide bonds. The maximum Gasteiger partial charge on any atom is 0.236 e. The molecule has 102 valence electrons. The zero-order valence-corrected chi connectivity index (χ0v) is 11.5. The van der Waals surface area contributed by atoms with Crippen molar-refractivity contribution in [2.75, 3.05) is 39.5 Å². The summed E-state index contributed by atoms with van der Waals surface area (Å²) in [6, 6.07) is 1.77. The summed E-state index contributed by atoms with van der Waals surface area (Å²) in [4.78, 5) is 15.4. The van der Waals surface area contributed by atoms with Crippen molar-refractivity contribution in [3.8, 4) is 0 Å². The molecule has 6 nitrogen and oxygen atoms in total. The monoisotopic (exact) mass is 253 g/mol. The first kappa shape index (κ1) is 14.5. The van der Waals surface area contributed by atoms with Gasteiger partial charge in [0.25, 0.3) is 0 Å². The third-order valence-corrected chi connectivity index (χ3v) is 2.70. The molecule has 18 heavy (non-hydrogen) atoms. The normalized spacial score (nSPS) is 10.9. The molecular formula is C12H23N5O. The van der Waals surface area contributed by atoms with Gasteiger partial charge in [-0.1, -0.05) is 6.92 Å². The van der Waals surface area contributed by atoms with Crippen molar-refractivity contribution in [1.82, 2.24) is 19.6 Å². The fraction of sp³-hybridized carbons (Fsp3) is 0.667. The van der Waals surface area contributed by atoms with Gasteiger partial charge in [-0.05, 0) is 19.0 Å². The molecule has 0 unspecified atom stereocenters. The first-order valence-electron chi connectivity index (χ1n) is 6.24. The van der Waals surface area contributed by atoms with E-state index in [4.69, 9.17) is 5.73 Å². The molecule has 2 N–H and O–H groups in total. The minimum absolute atomic E-state index is 0.128. The molecule has 0 aliphatic carbocycles. The smallest absolute Gasteiger partial charge is 0.236 e. The lowest BCUT2D eigenvalue weighted by Crippen LogP contribution is -2.38. The van der Waals surface area contributed by atoms with Crippen LogP contribution in [0.5, 0.6) is 0 Å². The van der Waals surface area contributed by atoms with Crippen molar-refractivity contribution in [1.29, 1.82) is 0 Å². The number of carbonyl (C=O) groups is 1. The van der Waals surface area contributed by atoms with Crippen LogP contribution in [-0.4, -0.2) is 59.2 Å². The molecule has 1 heterocycles. The number of aromatic nitrogens is 2. The topological polar surface area (TPSA) is 67.4 Å². The van der Waals surface area contributed by atoms with Crippen molar-refractivity contribution in [2.45, 2.75) is 19.9 Å². The van der Waals surface area contributed by atoms with E-state index in [9.17, 15) is 4.79 Å². The molecule has 0 aromatic carbocycles. The van der Waals surface area contributed by atoms with E-state index in [-0.39, 0.29) is 5.91 Å². The average molecular weight is 253 g/mol. The Morgan fingerprint density at radius 1 is 1.44 bits per heavy atom. The number of carbonyl (C=O) groups excluding carboxylic acids is 1. The Morgan fingerprint density at radius 2 is 2.17 bits per heavy atom. The Kier molecular flexibility index (Phi) is 5.64. The lowest BCUT2D eigenvalue weighted by Gasteiger charge is -2.22. The van der Waals surface area contributed by atoms with Gasteiger partial charge in [0.1, 0.15) is 5.82 Å². The Labute approximate surface area is 108 Å². The summed E-state index contributed by atoms with van der Waals surface area (Å²) in [5.74, 6) is 0.657. The van der Waals surface area contributed by atoms with Crippen LogP contribution in [0.25, 0.3) is 0 Å². The lowest BCUT2D eigenvalue weighted by atomic mass is 10.3. The van der Waals surface area contributed by atoms with Crippen LogP contribution in [0.3, 0.4) is 0 Å². The number of nitrogens with two attached hydrogens (primary N) is 1. The molecule has 0 atom stereocenters. The van der Waals surface area contributed by atoms with Crippen molar-refractivity contribution in [3.05, 3.63) is 12.3 Å². The van der Waals surface area contributed by atoms with Crippen LogP contribution < -0.4 is 5.73 Å². The molecule has 0 fully saturated rings. The third-order valence-electron chi connectivity index (χ3n) is 2.70. The van der Waals surface area contributed by atoms with Crippen molar-refractivity contribution in [2.24, 2.45) is 0 Å². The van der Waals surface area contributed by atoms with Gasteiger partial charge in [0.15, 0.2) is 0 Å². The minimum atomic E-state index is 0.128. The Hall–Kier alpha value is -1.56. The van der Waals surface area contributed by atoms with E-state index < -0.39 is 0 Å². The molecule has 6 heteroatoms. The van der Waals surface area contributed by atoms with E-state index in [1.807, 2.05) is 6.20 Å². The van der Waals surface area contributed by atoms with Crippen molar-refractivity contribution < 1.29 is 4.79 Å². The standard InChI is InChI=1S/C12H23N5O/c1-4-6-16(10-12(18)15(2)3)8-9-17-7-5-11(13)14-17/h5,7H,4,6,8-10H2,1-3H3,(H2,13,14). The minimum Gasteiger partial charge on any atom is -0.382 e. The van der Waals surface area contributed by atoms with Gasteiger partial charge in [0, 0.05) is 26.8 Å². The van der Waals surface area contributed by atoms with Crippen LogP contribution in [0.1, 0.15) is 13.3 Å². The summed E-state index contributed by atoms with van der Waals surface area (Å²) in [6.07, 6.45) is 2.88. The highest BCUT2D eigenvalue weighted by Crippen LogP contribution is 1.98. The molecule has 0 aliphatic rings. The predicted molar refractivity (Wildman–Crippen MR) is 72.1 cm³/mol. The summed E-state index contributed by atoms with van der Waals surface area (Å²) in [5.41, 5.74) is 5.56. The number of rotatable bonds is 7. The van der Waals surface area contributed by atoms with Crippen LogP contribution in [0, 0.1) is 0 Å². The van der Waals surface area contributed by atoms with E-state index in [2.05, 4.69) is 16.9 Å². The summed E-state index contributed by atoms with van der Waals surface area (Å²) in [6.45, 7) is 5.03. The molecule has 1 rings (SSSR count). The lowest BCUT2D eigenvalue weighted by molar-refractivity contribution is -0.129. The highest BCUT2D eigenvalue weighted by Gasteiger charge is 2.11. The summed E-state index contributed by atoms with van der Waals surface area (Å²) < 4.78 is 1.80. The summed E-state index contributed by atoms with van der Waals surface area (Å²) in [7, 11) is 3.56. The van der Waals surface area contributed by atoms with Crippen LogP contribution in [0.15, 0.2) is 12.3 Å². The Bertz CT molecular complexity index is 374. The number of nitrogen functional groups attached to an aromatic ring is 1. The average Bonchev–Trinajstić information content (AvgIpc) is 2.72. The van der Waals surface area contributed by atoms with Gasteiger partial charge in [-0.2, -0.15) is 5.10 Å². The zero-order valence-electron chi connectivity index (χ0n) is 11.5. The molecule has 1 aromatic rings. The zero-order chi connectivity index (χ0) is 13.5. The van der Waals surface area contributed by atoms with Gasteiger partial charge in [-0.25, -0.2) is 0 Å². The van der Waals surface area contributed by atoms with Crippen LogP contribution >= 0.6 is 0 Å². The maximum absolute atomic E-state index is 11.7. The van der Waals surface area contributed by atoms with Crippen LogP contribution in [0.4, 0.5) is 5.82 Å². The van der Waals surface area contributed by atoms with E-state index in [0.29, 0.717) is 12.4 Å². The molecule has 0 spiro atoms. The van der Waals surface area contributed by atoms with E-state index in [1.165, 1.54) is 0 Å². The van der Waals surface area contributed by atoms with E-state index in [0.717, 1.165) is 26.1 Å². The molecular weight excluding hydrogens is 230 g/mol. The Balaban J connectivity index is 2.44. The number of nitrogens with zero attached hydrogens (tertiary/aromatic N) is 4. The van der Waals surface area contributed by atoms with Gasteiger partial charge >= 0.3 is 0 Å². The number of hydrogen-bond acceptors (Lipinski definition) is 4. The molecule has 0 aliphatic heterocycles. The second-order valence-electron chi connectivity index (χ2n) is 4.57. The maximum atomic E-state index is 11.7. The molecule has 0 radical (unpaired) electrons. The molecule has 1 aromatic heterocycles. The van der Waals surface area contributed by atoms with Gasteiger partial charge in [0.05, 0.1) is 13.1 Å². The summed E-state index contributed by atoms with van der Waals surface area (Å²) >= 11 is 0.